The summed E-state index contributed by atoms with van der Waals surface area (Å²) in [6.07, 6.45) is 2.92. The van der Waals surface area contributed by atoms with E-state index in [-0.39, 0.29) is 18.0 Å². The minimum Gasteiger partial charge on any atom is -0.464 e. The molecule has 0 saturated carbocycles. The summed E-state index contributed by atoms with van der Waals surface area (Å²) in [5.74, 6) is -0.325. The Morgan fingerprint density at radius 1 is 1.35 bits per heavy atom. The van der Waals surface area contributed by atoms with Crippen molar-refractivity contribution in [1.29, 1.82) is 0 Å². The topological polar surface area (TPSA) is 55.8 Å². The molecule has 0 aromatic rings. The molecule has 0 bridgehead atoms. The molecule has 2 rings (SSSR count). The molecule has 1 amide bonds. The molecule has 0 aromatic heterocycles. The Morgan fingerprint density at radius 3 is 2.82 bits per heavy atom. The van der Waals surface area contributed by atoms with Crippen molar-refractivity contribution >= 4 is 11.9 Å². The molecule has 96 valence electrons. The van der Waals surface area contributed by atoms with Crippen molar-refractivity contribution in [2.45, 2.75) is 44.8 Å². The summed E-state index contributed by atoms with van der Waals surface area (Å²) >= 11 is 0. The van der Waals surface area contributed by atoms with Crippen molar-refractivity contribution in [3.8, 4) is 0 Å². The Labute approximate surface area is 101 Å². The van der Waals surface area contributed by atoms with Crippen LogP contribution >= 0.6 is 0 Å². The molecule has 0 aliphatic carbocycles. The Hall–Kier alpha value is -1.10. The van der Waals surface area contributed by atoms with Gasteiger partial charge in [0.25, 0.3) is 5.91 Å². The number of carbonyl (C=O) groups is 2. The summed E-state index contributed by atoms with van der Waals surface area (Å²) in [6, 6.07) is -0.397. The number of esters is 1. The van der Waals surface area contributed by atoms with Gasteiger partial charge in [-0.1, -0.05) is 0 Å². The van der Waals surface area contributed by atoms with E-state index >= 15 is 0 Å². The van der Waals surface area contributed by atoms with Gasteiger partial charge in [0.05, 0.1) is 6.61 Å². The average molecular weight is 241 g/mol. The zero-order valence-corrected chi connectivity index (χ0v) is 10.2. The van der Waals surface area contributed by atoms with Gasteiger partial charge < -0.3 is 14.4 Å². The van der Waals surface area contributed by atoms with Crippen LogP contribution in [-0.2, 0) is 19.1 Å². The molecule has 2 aliphatic heterocycles. The van der Waals surface area contributed by atoms with Gasteiger partial charge in [0.1, 0.15) is 12.1 Å². The second-order valence-corrected chi connectivity index (χ2v) is 4.44. The van der Waals surface area contributed by atoms with Gasteiger partial charge in [-0.05, 0) is 32.6 Å². The first kappa shape index (κ1) is 12.4. The van der Waals surface area contributed by atoms with Gasteiger partial charge in [0.15, 0.2) is 0 Å². The number of rotatable bonds is 3. The molecule has 0 spiro atoms. The molecular formula is C12H19NO4. The molecule has 0 radical (unpaired) electrons. The van der Waals surface area contributed by atoms with Crippen molar-refractivity contribution in [3.05, 3.63) is 0 Å². The number of hydrogen-bond donors (Lipinski definition) is 0. The molecule has 0 N–H and O–H groups in total. The zero-order chi connectivity index (χ0) is 12.3. The summed E-state index contributed by atoms with van der Waals surface area (Å²) in [7, 11) is 0. The lowest BCUT2D eigenvalue weighted by Crippen LogP contribution is -2.45. The van der Waals surface area contributed by atoms with Crippen LogP contribution in [0.25, 0.3) is 0 Å². The third-order valence-corrected chi connectivity index (χ3v) is 3.30. The zero-order valence-electron chi connectivity index (χ0n) is 10.2. The van der Waals surface area contributed by atoms with Crippen LogP contribution in [0.2, 0.25) is 0 Å². The number of carbonyl (C=O) groups excluding carboxylic acids is 2. The molecule has 2 atom stereocenters. The van der Waals surface area contributed by atoms with Gasteiger partial charge in [-0.3, -0.25) is 4.79 Å². The van der Waals surface area contributed by atoms with Gasteiger partial charge in [-0.2, -0.15) is 0 Å². The number of hydrogen-bond acceptors (Lipinski definition) is 4. The fourth-order valence-corrected chi connectivity index (χ4v) is 2.47. The lowest BCUT2D eigenvalue weighted by molar-refractivity contribution is -0.156. The van der Waals surface area contributed by atoms with Gasteiger partial charge in [0.2, 0.25) is 0 Å². The van der Waals surface area contributed by atoms with E-state index in [1.165, 1.54) is 0 Å². The van der Waals surface area contributed by atoms with E-state index < -0.39 is 6.04 Å². The molecule has 2 heterocycles. The van der Waals surface area contributed by atoms with Gasteiger partial charge in [0, 0.05) is 13.2 Å². The summed E-state index contributed by atoms with van der Waals surface area (Å²) in [5.41, 5.74) is 0. The Bertz CT molecular complexity index is 299. The third kappa shape index (κ3) is 2.60. The van der Waals surface area contributed by atoms with Gasteiger partial charge >= 0.3 is 5.97 Å². The maximum absolute atomic E-state index is 12.2. The fourth-order valence-electron chi connectivity index (χ4n) is 2.47. The lowest BCUT2D eigenvalue weighted by atomic mass is 10.2. The van der Waals surface area contributed by atoms with Crippen LogP contribution in [0.1, 0.15) is 32.6 Å². The van der Waals surface area contributed by atoms with E-state index in [9.17, 15) is 9.59 Å². The Morgan fingerprint density at radius 2 is 2.18 bits per heavy atom. The summed E-state index contributed by atoms with van der Waals surface area (Å²) < 4.78 is 10.4. The second kappa shape index (κ2) is 5.49. The first-order valence-corrected chi connectivity index (χ1v) is 6.32. The van der Waals surface area contributed by atoms with E-state index in [1.54, 1.807) is 11.8 Å². The standard InChI is InChI=1S/C12H19NO4/c1-2-16-12(15)9-5-3-7-13(9)11(14)10-6-4-8-17-10/h9-10H,2-8H2,1H3/t9?,10-/m0/s1. The predicted octanol–water partition coefficient (Wildman–Crippen LogP) is 0.719. The molecule has 2 fully saturated rings. The quantitative estimate of drug-likeness (QED) is 0.683. The maximum Gasteiger partial charge on any atom is 0.328 e. The van der Waals surface area contributed by atoms with Crippen LogP contribution in [0.5, 0.6) is 0 Å². The van der Waals surface area contributed by atoms with Crippen molar-refractivity contribution in [2.24, 2.45) is 0 Å². The highest BCUT2D eigenvalue weighted by Gasteiger charge is 2.39. The average Bonchev–Trinajstić information content (AvgIpc) is 3.00. The van der Waals surface area contributed by atoms with E-state index in [0.717, 1.165) is 19.3 Å². The molecule has 5 heteroatoms. The minimum atomic E-state index is -0.397. The maximum atomic E-state index is 12.2. The highest BCUT2D eigenvalue weighted by molar-refractivity contribution is 5.87. The van der Waals surface area contributed by atoms with Gasteiger partial charge in [-0.25, -0.2) is 4.79 Å². The van der Waals surface area contributed by atoms with E-state index in [4.69, 9.17) is 9.47 Å². The molecule has 0 aromatic carbocycles. The molecular weight excluding hydrogens is 222 g/mol. The number of ether oxygens (including phenoxy) is 2. The normalized spacial score (nSPS) is 28.4. The monoisotopic (exact) mass is 241 g/mol. The van der Waals surface area contributed by atoms with Gasteiger partial charge in [-0.15, -0.1) is 0 Å². The first-order chi connectivity index (χ1) is 8.24. The highest BCUT2D eigenvalue weighted by atomic mass is 16.5. The first-order valence-electron chi connectivity index (χ1n) is 6.32. The number of nitrogens with zero attached hydrogens (tertiary/aromatic N) is 1. The van der Waals surface area contributed by atoms with Crippen LogP contribution in [0.15, 0.2) is 0 Å². The second-order valence-electron chi connectivity index (χ2n) is 4.44. The molecule has 2 aliphatic rings. The van der Waals surface area contributed by atoms with Crippen LogP contribution in [0.3, 0.4) is 0 Å². The van der Waals surface area contributed by atoms with Crippen molar-refractivity contribution < 1.29 is 19.1 Å². The number of amides is 1. The molecule has 1 unspecified atom stereocenters. The van der Waals surface area contributed by atoms with Crippen molar-refractivity contribution in [2.75, 3.05) is 19.8 Å². The number of likely N-dealkylation sites (tertiary alicyclic amines) is 1. The third-order valence-electron chi connectivity index (χ3n) is 3.30. The largest absolute Gasteiger partial charge is 0.464 e. The van der Waals surface area contributed by atoms with Crippen LogP contribution in [0, 0.1) is 0 Å². The highest BCUT2D eigenvalue weighted by Crippen LogP contribution is 2.23. The Balaban J connectivity index is 1.98. The van der Waals surface area contributed by atoms with E-state index in [0.29, 0.717) is 26.2 Å². The molecule has 2 saturated heterocycles. The van der Waals surface area contributed by atoms with Crippen molar-refractivity contribution in [3.63, 3.8) is 0 Å². The summed E-state index contributed by atoms with van der Waals surface area (Å²) in [6.45, 7) is 3.42. The van der Waals surface area contributed by atoms with Crippen LogP contribution in [-0.4, -0.2) is 48.7 Å². The smallest absolute Gasteiger partial charge is 0.328 e. The molecule has 17 heavy (non-hydrogen) atoms. The summed E-state index contributed by atoms with van der Waals surface area (Å²) in [5, 5.41) is 0. The fraction of sp³-hybridized carbons (Fsp3) is 0.833. The van der Waals surface area contributed by atoms with Crippen LogP contribution in [0.4, 0.5) is 0 Å². The Kier molecular flexibility index (Phi) is 3.99. The van der Waals surface area contributed by atoms with Crippen LogP contribution < -0.4 is 0 Å². The van der Waals surface area contributed by atoms with E-state index in [1.807, 2.05) is 0 Å². The minimum absolute atomic E-state index is 0.0435. The predicted molar refractivity (Wildman–Crippen MR) is 60.3 cm³/mol. The summed E-state index contributed by atoms with van der Waals surface area (Å²) in [4.78, 5) is 25.5. The lowest BCUT2D eigenvalue weighted by Gasteiger charge is -2.25. The van der Waals surface area contributed by atoms with Crippen molar-refractivity contribution in [1.82, 2.24) is 4.90 Å². The molecule has 5 nitrogen and oxygen atoms in total. The van der Waals surface area contributed by atoms with E-state index in [2.05, 4.69) is 0 Å². The SMILES string of the molecule is CCOC(=O)C1CCCN1C(=O)[C@@H]1CCCO1.